The largest absolute Gasteiger partial charge is 0.352 e. The SMILES string of the molecule is N#Cc1nccnc1N1CCN(S(=O)(=O)c2c[nH]c3ncccc23)CC1. The summed E-state index contributed by atoms with van der Waals surface area (Å²) in [7, 11) is -3.63. The maximum absolute atomic E-state index is 13.0. The summed E-state index contributed by atoms with van der Waals surface area (Å²) in [5.41, 5.74) is 0.787. The zero-order valence-corrected chi connectivity index (χ0v) is 14.5. The van der Waals surface area contributed by atoms with Crippen molar-refractivity contribution < 1.29 is 8.42 Å². The molecule has 10 heteroatoms. The number of nitriles is 1. The van der Waals surface area contributed by atoms with Crippen molar-refractivity contribution in [2.45, 2.75) is 4.90 Å². The smallest absolute Gasteiger partial charge is 0.245 e. The quantitative estimate of drug-likeness (QED) is 0.723. The van der Waals surface area contributed by atoms with Gasteiger partial charge >= 0.3 is 0 Å². The third kappa shape index (κ3) is 2.67. The minimum absolute atomic E-state index is 0.228. The van der Waals surface area contributed by atoms with Crippen LogP contribution in [0.2, 0.25) is 0 Å². The molecular weight excluding hydrogens is 354 g/mol. The molecule has 0 aromatic carbocycles. The molecule has 4 heterocycles. The standard InChI is InChI=1S/C16H15N7O2S/c17-10-13-16(20-5-4-18-13)22-6-8-23(9-7-22)26(24,25)14-11-21-15-12(14)2-1-3-19-15/h1-5,11H,6-9H2,(H,19,21). The number of hydrogen-bond donors (Lipinski definition) is 1. The van der Waals surface area contributed by atoms with Gasteiger partial charge in [-0.25, -0.2) is 23.4 Å². The molecule has 0 bridgehead atoms. The molecule has 4 rings (SSSR count). The molecule has 26 heavy (non-hydrogen) atoms. The number of nitrogens with one attached hydrogen (secondary N) is 1. The normalized spacial score (nSPS) is 15.9. The third-order valence-electron chi connectivity index (χ3n) is 4.35. The van der Waals surface area contributed by atoms with Crippen molar-refractivity contribution >= 4 is 26.9 Å². The molecule has 0 aliphatic carbocycles. The average Bonchev–Trinajstić information content (AvgIpc) is 3.13. The van der Waals surface area contributed by atoms with Crippen molar-refractivity contribution in [1.29, 1.82) is 5.26 Å². The van der Waals surface area contributed by atoms with Gasteiger partial charge in [0.15, 0.2) is 11.5 Å². The van der Waals surface area contributed by atoms with Gasteiger partial charge in [0.1, 0.15) is 16.6 Å². The average molecular weight is 369 g/mol. The van der Waals surface area contributed by atoms with E-state index in [1.807, 2.05) is 11.0 Å². The fourth-order valence-corrected chi connectivity index (χ4v) is 4.64. The molecular formula is C16H15N7O2S. The first-order valence-electron chi connectivity index (χ1n) is 7.99. The second-order valence-electron chi connectivity index (χ2n) is 5.78. The summed E-state index contributed by atoms with van der Waals surface area (Å²) in [6.45, 7) is 1.48. The highest BCUT2D eigenvalue weighted by Crippen LogP contribution is 2.26. The van der Waals surface area contributed by atoms with E-state index in [1.165, 1.54) is 22.9 Å². The number of H-pyrrole nitrogens is 1. The highest BCUT2D eigenvalue weighted by molar-refractivity contribution is 7.89. The second kappa shape index (κ2) is 6.36. The van der Waals surface area contributed by atoms with E-state index in [4.69, 9.17) is 5.26 Å². The van der Waals surface area contributed by atoms with Crippen LogP contribution in [0.5, 0.6) is 0 Å². The predicted molar refractivity (Wildman–Crippen MR) is 93.8 cm³/mol. The van der Waals surface area contributed by atoms with Crippen LogP contribution in [-0.2, 0) is 10.0 Å². The predicted octanol–water partition coefficient (Wildman–Crippen LogP) is 0.735. The van der Waals surface area contributed by atoms with Gasteiger partial charge in [-0.15, -0.1) is 0 Å². The van der Waals surface area contributed by atoms with Gasteiger partial charge < -0.3 is 9.88 Å². The molecule has 1 aliphatic rings. The third-order valence-corrected chi connectivity index (χ3v) is 6.29. The molecule has 1 saturated heterocycles. The Bertz CT molecular complexity index is 1090. The molecule has 3 aromatic heterocycles. The molecule has 0 amide bonds. The number of hydrogen-bond acceptors (Lipinski definition) is 7. The summed E-state index contributed by atoms with van der Waals surface area (Å²) in [6, 6.07) is 5.47. The molecule has 0 saturated carbocycles. The van der Waals surface area contributed by atoms with E-state index in [2.05, 4.69) is 19.9 Å². The van der Waals surface area contributed by atoms with Crippen LogP contribution in [0.15, 0.2) is 41.8 Å². The topological polar surface area (TPSA) is 119 Å². The van der Waals surface area contributed by atoms with E-state index in [-0.39, 0.29) is 10.6 Å². The lowest BCUT2D eigenvalue weighted by atomic mass is 10.3. The van der Waals surface area contributed by atoms with Crippen LogP contribution in [-0.4, -0.2) is 58.8 Å². The van der Waals surface area contributed by atoms with E-state index in [1.54, 1.807) is 18.3 Å². The lowest BCUT2D eigenvalue weighted by Crippen LogP contribution is -2.49. The molecule has 9 nitrogen and oxygen atoms in total. The first kappa shape index (κ1) is 16.4. The summed E-state index contributed by atoms with van der Waals surface area (Å²) >= 11 is 0. The van der Waals surface area contributed by atoms with Crippen LogP contribution in [0, 0.1) is 11.3 Å². The molecule has 3 aromatic rings. The minimum atomic E-state index is -3.63. The van der Waals surface area contributed by atoms with Gasteiger partial charge in [-0.1, -0.05) is 0 Å². The summed E-state index contributed by atoms with van der Waals surface area (Å²) < 4.78 is 27.5. The van der Waals surface area contributed by atoms with Crippen LogP contribution in [0.3, 0.4) is 0 Å². The first-order valence-corrected chi connectivity index (χ1v) is 9.43. The van der Waals surface area contributed by atoms with Crippen molar-refractivity contribution in [3.05, 3.63) is 42.6 Å². The number of aromatic nitrogens is 4. The number of anilines is 1. The van der Waals surface area contributed by atoms with Gasteiger partial charge in [0.2, 0.25) is 10.0 Å². The minimum Gasteiger partial charge on any atom is -0.352 e. The molecule has 0 spiro atoms. The van der Waals surface area contributed by atoms with Crippen molar-refractivity contribution in [1.82, 2.24) is 24.2 Å². The number of rotatable bonds is 3. The number of piperazine rings is 1. The molecule has 1 aliphatic heterocycles. The number of pyridine rings is 1. The van der Waals surface area contributed by atoms with Crippen molar-refractivity contribution in [2.24, 2.45) is 0 Å². The molecule has 1 fully saturated rings. The fraction of sp³-hybridized carbons (Fsp3) is 0.250. The monoisotopic (exact) mass is 369 g/mol. The van der Waals surface area contributed by atoms with Crippen LogP contribution in [0.1, 0.15) is 5.69 Å². The van der Waals surface area contributed by atoms with Gasteiger partial charge in [-0.05, 0) is 12.1 Å². The Balaban J connectivity index is 1.57. The summed E-state index contributed by atoms with van der Waals surface area (Å²) in [4.78, 5) is 17.4. The first-order chi connectivity index (χ1) is 12.6. The second-order valence-corrected chi connectivity index (χ2v) is 7.69. The highest BCUT2D eigenvalue weighted by atomic mass is 32.2. The van der Waals surface area contributed by atoms with Crippen molar-refractivity contribution in [2.75, 3.05) is 31.1 Å². The van der Waals surface area contributed by atoms with Gasteiger partial charge in [0, 0.05) is 56.4 Å². The zero-order chi connectivity index (χ0) is 18.1. The number of sulfonamides is 1. The van der Waals surface area contributed by atoms with Gasteiger partial charge in [-0.3, -0.25) is 0 Å². The van der Waals surface area contributed by atoms with Crippen molar-refractivity contribution in [3.63, 3.8) is 0 Å². The fourth-order valence-electron chi connectivity index (χ4n) is 3.06. The van der Waals surface area contributed by atoms with Crippen LogP contribution in [0.25, 0.3) is 11.0 Å². The number of nitrogens with zero attached hydrogens (tertiary/aromatic N) is 6. The van der Waals surface area contributed by atoms with E-state index in [0.29, 0.717) is 43.0 Å². The van der Waals surface area contributed by atoms with E-state index < -0.39 is 10.0 Å². The zero-order valence-electron chi connectivity index (χ0n) is 13.7. The molecule has 0 unspecified atom stereocenters. The van der Waals surface area contributed by atoms with E-state index in [0.717, 1.165) is 0 Å². The molecule has 132 valence electrons. The lowest BCUT2D eigenvalue weighted by molar-refractivity contribution is 0.384. The van der Waals surface area contributed by atoms with Crippen LogP contribution >= 0.6 is 0 Å². The van der Waals surface area contributed by atoms with Crippen molar-refractivity contribution in [3.8, 4) is 6.07 Å². The lowest BCUT2D eigenvalue weighted by Gasteiger charge is -2.34. The Kier molecular flexibility index (Phi) is 4.02. The van der Waals surface area contributed by atoms with Crippen LogP contribution in [0.4, 0.5) is 5.82 Å². The maximum Gasteiger partial charge on any atom is 0.245 e. The summed E-state index contributed by atoms with van der Waals surface area (Å²) in [5, 5.41) is 9.74. The Morgan fingerprint density at radius 2 is 1.85 bits per heavy atom. The van der Waals surface area contributed by atoms with E-state index >= 15 is 0 Å². The number of aromatic amines is 1. The molecule has 0 radical (unpaired) electrons. The van der Waals surface area contributed by atoms with Crippen LogP contribution < -0.4 is 4.90 Å². The Morgan fingerprint density at radius 1 is 1.08 bits per heavy atom. The molecule has 0 atom stereocenters. The molecule has 1 N–H and O–H groups in total. The Labute approximate surface area is 150 Å². The Morgan fingerprint density at radius 3 is 2.62 bits per heavy atom. The number of fused-ring (bicyclic) bond motifs is 1. The summed E-state index contributed by atoms with van der Waals surface area (Å²) in [6.07, 6.45) is 6.09. The van der Waals surface area contributed by atoms with E-state index in [9.17, 15) is 8.42 Å². The van der Waals surface area contributed by atoms with Gasteiger partial charge in [0.25, 0.3) is 0 Å². The maximum atomic E-state index is 13.0. The highest BCUT2D eigenvalue weighted by Gasteiger charge is 2.31. The Hall–Kier alpha value is -3.03. The summed E-state index contributed by atoms with van der Waals surface area (Å²) in [5.74, 6) is 0.489. The van der Waals surface area contributed by atoms with Gasteiger partial charge in [0.05, 0.1) is 0 Å². The van der Waals surface area contributed by atoms with Gasteiger partial charge in [-0.2, -0.15) is 9.57 Å².